The summed E-state index contributed by atoms with van der Waals surface area (Å²) in [5.41, 5.74) is 0. The van der Waals surface area contributed by atoms with Gasteiger partial charge in [0.05, 0.1) is 6.54 Å². The van der Waals surface area contributed by atoms with Gasteiger partial charge in [0.15, 0.2) is 0 Å². The molecule has 0 bridgehead atoms. The highest BCUT2D eigenvalue weighted by Gasteiger charge is 2.23. The Kier molecular flexibility index (Phi) is 6.28. The number of urea groups is 1. The number of imide groups is 1. The van der Waals surface area contributed by atoms with Crippen molar-refractivity contribution in [3.63, 3.8) is 0 Å². The highest BCUT2D eigenvalue weighted by molar-refractivity contribution is 5.95. The molecule has 3 amide bonds. The van der Waals surface area contributed by atoms with Crippen molar-refractivity contribution in [2.75, 3.05) is 26.2 Å². The smallest absolute Gasteiger partial charge is 0.321 e. The second-order valence-electron chi connectivity index (χ2n) is 6.29. The number of nitrogens with one attached hydrogen (secondary N) is 2. The summed E-state index contributed by atoms with van der Waals surface area (Å²) in [5, 5.41) is 5.06. The number of carbonyl (C=O) groups is 2. The molecule has 0 aromatic rings. The zero-order valence-corrected chi connectivity index (χ0v) is 12.5. The van der Waals surface area contributed by atoms with Gasteiger partial charge >= 0.3 is 6.03 Å². The number of piperidine rings is 1. The lowest BCUT2D eigenvalue weighted by Crippen LogP contribution is -2.48. The molecule has 0 radical (unpaired) electrons. The second-order valence-corrected chi connectivity index (χ2v) is 6.29. The highest BCUT2D eigenvalue weighted by Crippen LogP contribution is 2.20. The van der Waals surface area contributed by atoms with E-state index in [1.807, 2.05) is 13.8 Å². The van der Waals surface area contributed by atoms with E-state index in [4.69, 9.17) is 0 Å². The number of nitrogens with zero attached hydrogens (tertiary/aromatic N) is 1. The van der Waals surface area contributed by atoms with Crippen molar-refractivity contribution in [2.45, 2.75) is 34.1 Å². The summed E-state index contributed by atoms with van der Waals surface area (Å²) in [5.74, 6) is 1.39. The third-order valence-electron chi connectivity index (χ3n) is 3.24. The third-order valence-corrected chi connectivity index (χ3v) is 3.24. The average Bonchev–Trinajstić information content (AvgIpc) is 2.24. The number of hydrogen-bond donors (Lipinski definition) is 2. The Morgan fingerprint density at radius 2 is 1.79 bits per heavy atom. The van der Waals surface area contributed by atoms with Crippen LogP contribution in [0.4, 0.5) is 4.79 Å². The van der Waals surface area contributed by atoms with Gasteiger partial charge in [-0.1, -0.05) is 27.7 Å². The predicted molar refractivity (Wildman–Crippen MR) is 75.8 cm³/mol. The zero-order chi connectivity index (χ0) is 14.4. The predicted octanol–water partition coefficient (Wildman–Crippen LogP) is 1.45. The first-order valence-corrected chi connectivity index (χ1v) is 7.16. The number of likely N-dealkylation sites (tertiary alicyclic amines) is 1. The minimum Gasteiger partial charge on any atom is -0.338 e. The van der Waals surface area contributed by atoms with Gasteiger partial charge in [-0.2, -0.15) is 0 Å². The molecule has 1 saturated heterocycles. The van der Waals surface area contributed by atoms with Gasteiger partial charge in [-0.3, -0.25) is 15.0 Å². The molecule has 2 N–H and O–H groups in total. The molecule has 0 aromatic heterocycles. The maximum absolute atomic E-state index is 11.8. The summed E-state index contributed by atoms with van der Waals surface area (Å²) in [7, 11) is 0. The Labute approximate surface area is 116 Å². The van der Waals surface area contributed by atoms with Crippen LogP contribution in [0.1, 0.15) is 34.1 Å². The molecule has 110 valence electrons. The van der Waals surface area contributed by atoms with Crippen molar-refractivity contribution in [3.05, 3.63) is 0 Å². The molecular weight excluding hydrogens is 242 g/mol. The topological polar surface area (TPSA) is 61.4 Å². The summed E-state index contributed by atoms with van der Waals surface area (Å²) in [4.78, 5) is 25.4. The minimum absolute atomic E-state index is 0.220. The van der Waals surface area contributed by atoms with Gasteiger partial charge in [0.2, 0.25) is 5.91 Å². The molecule has 1 rings (SSSR count). The van der Waals surface area contributed by atoms with Gasteiger partial charge < -0.3 is 5.32 Å². The molecule has 19 heavy (non-hydrogen) atoms. The third kappa shape index (κ3) is 6.57. The van der Waals surface area contributed by atoms with Crippen molar-refractivity contribution in [3.8, 4) is 0 Å². The summed E-state index contributed by atoms with van der Waals surface area (Å²) in [6, 6.07) is -0.392. The Balaban J connectivity index is 2.28. The Morgan fingerprint density at radius 1 is 1.21 bits per heavy atom. The Bertz CT molecular complexity index is 308. The van der Waals surface area contributed by atoms with Crippen LogP contribution in [-0.4, -0.2) is 43.0 Å². The van der Waals surface area contributed by atoms with Gasteiger partial charge in [-0.15, -0.1) is 0 Å². The van der Waals surface area contributed by atoms with E-state index < -0.39 is 6.03 Å². The fraction of sp³-hybridized carbons (Fsp3) is 0.857. The monoisotopic (exact) mass is 269 g/mol. The molecule has 5 nitrogen and oxygen atoms in total. The van der Waals surface area contributed by atoms with E-state index in [1.165, 1.54) is 6.42 Å². The van der Waals surface area contributed by atoms with E-state index in [0.29, 0.717) is 30.8 Å². The lowest BCUT2D eigenvalue weighted by molar-refractivity contribution is -0.121. The molecule has 0 saturated carbocycles. The first-order valence-electron chi connectivity index (χ1n) is 7.16. The molecule has 2 atom stereocenters. The molecular formula is C14H27N3O2. The second kappa shape index (κ2) is 7.48. The van der Waals surface area contributed by atoms with Crippen molar-refractivity contribution >= 4 is 11.9 Å². The van der Waals surface area contributed by atoms with E-state index in [2.05, 4.69) is 29.4 Å². The molecule has 0 aromatic carbocycles. The average molecular weight is 269 g/mol. The lowest BCUT2D eigenvalue weighted by Gasteiger charge is -2.34. The zero-order valence-electron chi connectivity index (χ0n) is 12.5. The van der Waals surface area contributed by atoms with Crippen LogP contribution in [0.2, 0.25) is 0 Å². The van der Waals surface area contributed by atoms with E-state index in [0.717, 1.165) is 13.1 Å². The standard InChI is InChI=1S/C14H27N3O2/c1-10(2)6-15-14(19)16-13(18)9-17-7-11(3)5-12(4)8-17/h10-12H,5-9H2,1-4H3,(H2,15,16,18,19)/t11-,12+. The van der Waals surface area contributed by atoms with Crippen molar-refractivity contribution in [1.82, 2.24) is 15.5 Å². The Morgan fingerprint density at radius 3 is 2.32 bits per heavy atom. The summed E-state index contributed by atoms with van der Waals surface area (Å²) >= 11 is 0. The first-order chi connectivity index (χ1) is 8.86. The molecule has 1 heterocycles. The fourth-order valence-electron chi connectivity index (χ4n) is 2.63. The largest absolute Gasteiger partial charge is 0.338 e. The molecule has 0 spiro atoms. The van der Waals surface area contributed by atoms with Crippen LogP contribution in [0.5, 0.6) is 0 Å². The molecule has 5 heteroatoms. The van der Waals surface area contributed by atoms with Crippen molar-refractivity contribution < 1.29 is 9.59 Å². The van der Waals surface area contributed by atoms with Crippen LogP contribution in [0, 0.1) is 17.8 Å². The van der Waals surface area contributed by atoms with E-state index in [-0.39, 0.29) is 5.91 Å². The number of carbonyl (C=O) groups excluding carboxylic acids is 2. The fourth-order valence-corrected chi connectivity index (χ4v) is 2.63. The molecule has 1 aliphatic heterocycles. The van der Waals surface area contributed by atoms with Gasteiger partial charge in [-0.05, 0) is 24.2 Å². The van der Waals surface area contributed by atoms with Gasteiger partial charge in [-0.25, -0.2) is 4.79 Å². The highest BCUT2D eigenvalue weighted by atomic mass is 16.2. The number of rotatable bonds is 4. The molecule has 1 fully saturated rings. The van der Waals surface area contributed by atoms with Crippen molar-refractivity contribution in [2.24, 2.45) is 17.8 Å². The quantitative estimate of drug-likeness (QED) is 0.812. The number of amides is 3. The summed E-state index contributed by atoms with van der Waals surface area (Å²) in [6.07, 6.45) is 1.22. The van der Waals surface area contributed by atoms with Gasteiger partial charge in [0.1, 0.15) is 0 Å². The SMILES string of the molecule is CC(C)CNC(=O)NC(=O)CN1C[C@H](C)C[C@H](C)C1. The number of hydrogen-bond acceptors (Lipinski definition) is 3. The van der Waals surface area contributed by atoms with Gasteiger partial charge in [0, 0.05) is 19.6 Å². The van der Waals surface area contributed by atoms with Crippen LogP contribution >= 0.6 is 0 Å². The van der Waals surface area contributed by atoms with Gasteiger partial charge in [0.25, 0.3) is 0 Å². The van der Waals surface area contributed by atoms with Crippen LogP contribution in [0.3, 0.4) is 0 Å². The Hall–Kier alpha value is -1.10. The van der Waals surface area contributed by atoms with Crippen molar-refractivity contribution in [1.29, 1.82) is 0 Å². The van der Waals surface area contributed by atoms with E-state index >= 15 is 0 Å². The minimum atomic E-state index is -0.392. The maximum atomic E-state index is 11.8. The van der Waals surface area contributed by atoms with Crippen LogP contribution in [-0.2, 0) is 4.79 Å². The molecule has 0 aliphatic carbocycles. The first kappa shape index (κ1) is 16.0. The molecule has 0 unspecified atom stereocenters. The maximum Gasteiger partial charge on any atom is 0.321 e. The summed E-state index contributed by atoms with van der Waals surface area (Å²) < 4.78 is 0. The van der Waals surface area contributed by atoms with Crippen LogP contribution < -0.4 is 10.6 Å². The van der Waals surface area contributed by atoms with E-state index in [9.17, 15) is 9.59 Å². The lowest BCUT2D eigenvalue weighted by atomic mass is 9.92. The molecule has 1 aliphatic rings. The van der Waals surface area contributed by atoms with Crippen LogP contribution in [0.25, 0.3) is 0 Å². The summed E-state index contributed by atoms with van der Waals surface area (Å²) in [6.45, 7) is 11.2. The van der Waals surface area contributed by atoms with E-state index in [1.54, 1.807) is 0 Å². The van der Waals surface area contributed by atoms with Crippen LogP contribution in [0.15, 0.2) is 0 Å². The normalized spacial score (nSPS) is 24.3.